The van der Waals surface area contributed by atoms with Crippen molar-refractivity contribution in [2.24, 2.45) is 5.73 Å². The summed E-state index contributed by atoms with van der Waals surface area (Å²) in [6, 6.07) is 8.21. The van der Waals surface area contributed by atoms with Crippen LogP contribution >= 0.6 is 0 Å². The van der Waals surface area contributed by atoms with E-state index in [1.54, 1.807) is 0 Å². The Hall–Kier alpha value is -0.670. The van der Waals surface area contributed by atoms with Gasteiger partial charge < -0.3 is 5.73 Å². The minimum atomic E-state index is -0.834. The van der Waals surface area contributed by atoms with Crippen molar-refractivity contribution in [1.29, 1.82) is 0 Å². The van der Waals surface area contributed by atoms with Crippen LogP contribution in [0.15, 0.2) is 24.3 Å². The predicted molar refractivity (Wildman–Crippen MR) is 66.2 cm³/mol. The van der Waals surface area contributed by atoms with Crippen molar-refractivity contribution >= 4 is 10.8 Å². The standard InChI is InChI=1S/C12H19NOS/c1-3-12(13)9-15(14)8-11-6-4-5-10(2)7-11/h4-7,12H,3,8-9,13H2,1-2H3. The van der Waals surface area contributed by atoms with Gasteiger partial charge in [0.05, 0.1) is 0 Å². The van der Waals surface area contributed by atoms with Crippen molar-refractivity contribution in [3.63, 3.8) is 0 Å². The average molecular weight is 225 g/mol. The van der Waals surface area contributed by atoms with E-state index in [0.717, 1.165) is 12.0 Å². The molecule has 1 aromatic rings. The maximum atomic E-state index is 11.7. The summed E-state index contributed by atoms with van der Waals surface area (Å²) in [6.07, 6.45) is 0.888. The van der Waals surface area contributed by atoms with E-state index in [1.165, 1.54) is 5.56 Å². The van der Waals surface area contributed by atoms with Crippen molar-refractivity contribution in [2.45, 2.75) is 32.1 Å². The van der Waals surface area contributed by atoms with Gasteiger partial charge in [0.15, 0.2) is 0 Å². The summed E-state index contributed by atoms with van der Waals surface area (Å²) in [5.41, 5.74) is 8.11. The number of benzene rings is 1. The second kappa shape index (κ2) is 6.03. The van der Waals surface area contributed by atoms with Crippen molar-refractivity contribution in [3.05, 3.63) is 35.4 Å². The van der Waals surface area contributed by atoms with E-state index in [4.69, 9.17) is 5.73 Å². The highest BCUT2D eigenvalue weighted by Crippen LogP contribution is 2.07. The lowest BCUT2D eigenvalue weighted by molar-refractivity contribution is 0.663. The molecule has 15 heavy (non-hydrogen) atoms. The topological polar surface area (TPSA) is 43.1 Å². The molecule has 2 nitrogen and oxygen atoms in total. The van der Waals surface area contributed by atoms with Gasteiger partial charge in [-0.15, -0.1) is 0 Å². The first-order valence-electron chi connectivity index (χ1n) is 5.28. The molecule has 84 valence electrons. The van der Waals surface area contributed by atoms with Crippen molar-refractivity contribution in [1.82, 2.24) is 0 Å². The zero-order valence-electron chi connectivity index (χ0n) is 9.40. The number of aryl methyl sites for hydroxylation is 1. The zero-order valence-corrected chi connectivity index (χ0v) is 10.2. The van der Waals surface area contributed by atoms with Gasteiger partial charge in [0, 0.05) is 28.3 Å². The Morgan fingerprint density at radius 3 is 2.80 bits per heavy atom. The van der Waals surface area contributed by atoms with Crippen LogP contribution < -0.4 is 5.73 Å². The Bertz CT molecular complexity index is 338. The van der Waals surface area contributed by atoms with Gasteiger partial charge in [-0.1, -0.05) is 36.8 Å². The summed E-state index contributed by atoms with van der Waals surface area (Å²) >= 11 is 0. The minimum absolute atomic E-state index is 0.0654. The lowest BCUT2D eigenvalue weighted by Crippen LogP contribution is -2.26. The van der Waals surface area contributed by atoms with E-state index in [9.17, 15) is 4.21 Å². The molecule has 0 aliphatic heterocycles. The molecule has 0 saturated heterocycles. The fourth-order valence-electron chi connectivity index (χ4n) is 1.40. The summed E-state index contributed by atoms with van der Waals surface area (Å²) < 4.78 is 11.7. The van der Waals surface area contributed by atoms with Crippen LogP contribution in [0.2, 0.25) is 0 Å². The Kier molecular flexibility index (Phi) is 4.99. The van der Waals surface area contributed by atoms with E-state index in [2.05, 4.69) is 6.07 Å². The van der Waals surface area contributed by atoms with E-state index in [1.807, 2.05) is 32.0 Å². The third kappa shape index (κ3) is 4.58. The molecule has 0 aliphatic carbocycles. The molecule has 0 radical (unpaired) electrons. The Morgan fingerprint density at radius 1 is 1.47 bits per heavy atom. The van der Waals surface area contributed by atoms with Gasteiger partial charge in [-0.05, 0) is 18.9 Å². The van der Waals surface area contributed by atoms with Crippen molar-refractivity contribution in [3.8, 4) is 0 Å². The second-order valence-electron chi connectivity index (χ2n) is 3.91. The van der Waals surface area contributed by atoms with Crippen LogP contribution in [0, 0.1) is 6.92 Å². The molecule has 0 spiro atoms. The molecule has 2 unspecified atom stereocenters. The highest BCUT2D eigenvalue weighted by molar-refractivity contribution is 7.84. The fraction of sp³-hybridized carbons (Fsp3) is 0.500. The van der Waals surface area contributed by atoms with Crippen LogP contribution in [0.5, 0.6) is 0 Å². The van der Waals surface area contributed by atoms with Crippen molar-refractivity contribution < 1.29 is 4.21 Å². The van der Waals surface area contributed by atoms with Gasteiger partial charge in [0.1, 0.15) is 0 Å². The third-order valence-electron chi connectivity index (χ3n) is 2.33. The summed E-state index contributed by atoms with van der Waals surface area (Å²) in [4.78, 5) is 0. The predicted octanol–water partition coefficient (Wildman–Crippen LogP) is 1.98. The monoisotopic (exact) mass is 225 g/mol. The normalized spacial score (nSPS) is 14.9. The Balaban J connectivity index is 2.51. The first-order chi connectivity index (χ1) is 7.11. The number of nitrogens with two attached hydrogens (primary N) is 1. The Morgan fingerprint density at radius 2 is 2.20 bits per heavy atom. The van der Waals surface area contributed by atoms with E-state index in [0.29, 0.717) is 11.5 Å². The van der Waals surface area contributed by atoms with Crippen LogP contribution in [0.3, 0.4) is 0 Å². The molecular weight excluding hydrogens is 206 g/mol. The van der Waals surface area contributed by atoms with Gasteiger partial charge in [0.25, 0.3) is 0 Å². The summed E-state index contributed by atoms with van der Waals surface area (Å²) in [6.45, 7) is 4.07. The highest BCUT2D eigenvalue weighted by Gasteiger charge is 2.06. The van der Waals surface area contributed by atoms with Crippen LogP contribution in [-0.4, -0.2) is 16.0 Å². The lowest BCUT2D eigenvalue weighted by Gasteiger charge is -2.08. The summed E-state index contributed by atoms with van der Waals surface area (Å²) in [5, 5.41) is 0. The van der Waals surface area contributed by atoms with E-state index < -0.39 is 10.8 Å². The fourth-order valence-corrected chi connectivity index (χ4v) is 2.79. The van der Waals surface area contributed by atoms with Crippen LogP contribution in [0.4, 0.5) is 0 Å². The molecule has 1 aromatic carbocycles. The largest absolute Gasteiger partial charge is 0.327 e. The maximum absolute atomic E-state index is 11.7. The molecule has 0 aromatic heterocycles. The minimum Gasteiger partial charge on any atom is -0.327 e. The second-order valence-corrected chi connectivity index (χ2v) is 5.41. The molecule has 3 heteroatoms. The van der Waals surface area contributed by atoms with Gasteiger partial charge in [0.2, 0.25) is 0 Å². The quantitative estimate of drug-likeness (QED) is 0.832. The molecule has 0 bridgehead atoms. The summed E-state index contributed by atoms with van der Waals surface area (Å²) in [5.74, 6) is 1.22. The molecule has 0 aliphatic rings. The van der Waals surface area contributed by atoms with Gasteiger partial charge in [-0.3, -0.25) is 4.21 Å². The number of rotatable bonds is 5. The smallest absolute Gasteiger partial charge is 0.0486 e. The van der Waals surface area contributed by atoms with Gasteiger partial charge in [-0.25, -0.2) is 0 Å². The zero-order chi connectivity index (χ0) is 11.3. The molecule has 1 rings (SSSR count). The number of hydrogen-bond acceptors (Lipinski definition) is 2. The summed E-state index contributed by atoms with van der Waals surface area (Å²) in [7, 11) is -0.834. The lowest BCUT2D eigenvalue weighted by atomic mass is 10.2. The molecule has 0 heterocycles. The van der Waals surface area contributed by atoms with Crippen LogP contribution in [0.25, 0.3) is 0 Å². The third-order valence-corrected chi connectivity index (χ3v) is 3.79. The van der Waals surface area contributed by atoms with E-state index in [-0.39, 0.29) is 6.04 Å². The highest BCUT2D eigenvalue weighted by atomic mass is 32.2. The molecule has 0 saturated carbocycles. The van der Waals surface area contributed by atoms with E-state index >= 15 is 0 Å². The van der Waals surface area contributed by atoms with Gasteiger partial charge in [-0.2, -0.15) is 0 Å². The molecular formula is C12H19NOS. The molecule has 2 atom stereocenters. The number of hydrogen-bond donors (Lipinski definition) is 1. The molecule has 0 amide bonds. The van der Waals surface area contributed by atoms with Crippen LogP contribution in [0.1, 0.15) is 24.5 Å². The van der Waals surface area contributed by atoms with Gasteiger partial charge >= 0.3 is 0 Å². The molecule has 2 N–H and O–H groups in total. The molecule has 0 fully saturated rings. The maximum Gasteiger partial charge on any atom is 0.0486 e. The first-order valence-corrected chi connectivity index (χ1v) is 6.76. The average Bonchev–Trinajstić information content (AvgIpc) is 2.17. The van der Waals surface area contributed by atoms with Crippen molar-refractivity contribution in [2.75, 3.05) is 5.75 Å². The first kappa shape index (κ1) is 12.4. The Labute approximate surface area is 94.3 Å². The van der Waals surface area contributed by atoms with Crippen LogP contribution in [-0.2, 0) is 16.6 Å². The SMILES string of the molecule is CCC(N)CS(=O)Cc1cccc(C)c1.